The summed E-state index contributed by atoms with van der Waals surface area (Å²) in [4.78, 5) is 18.3. The van der Waals surface area contributed by atoms with Crippen LogP contribution in [0.2, 0.25) is 0 Å². The van der Waals surface area contributed by atoms with E-state index >= 15 is 0 Å². The lowest BCUT2D eigenvalue weighted by Crippen LogP contribution is -2.21. The van der Waals surface area contributed by atoms with Crippen molar-refractivity contribution < 1.29 is 9.90 Å². The maximum Gasteiger partial charge on any atom is 0.261 e. The lowest BCUT2D eigenvalue weighted by molar-refractivity contribution is 0.0955. The van der Waals surface area contributed by atoms with Crippen LogP contribution in [0.5, 0.6) is 0 Å². The van der Waals surface area contributed by atoms with Crippen molar-refractivity contribution in [3.05, 3.63) is 65.7 Å². The summed E-state index contributed by atoms with van der Waals surface area (Å²) >= 11 is 1.43. The molecule has 1 amide bonds. The van der Waals surface area contributed by atoms with Crippen molar-refractivity contribution in [1.82, 2.24) is 24.5 Å². The first-order valence-corrected chi connectivity index (χ1v) is 9.94. The fraction of sp³-hybridized carbons (Fsp3) is 0.250. The van der Waals surface area contributed by atoms with Crippen molar-refractivity contribution in [2.45, 2.75) is 32.5 Å². The molecule has 0 aliphatic carbocycles. The van der Waals surface area contributed by atoms with Crippen molar-refractivity contribution in [2.24, 2.45) is 0 Å². The maximum absolute atomic E-state index is 12.5. The average Bonchev–Trinajstić information content (AvgIpc) is 3.45. The molecule has 0 spiro atoms. The van der Waals surface area contributed by atoms with Crippen LogP contribution in [0.3, 0.4) is 0 Å². The number of carbonyl (C=O) groups excluding carboxylic acids is 1. The summed E-state index contributed by atoms with van der Waals surface area (Å²) in [5.74, 6) is -0.101. The minimum absolute atomic E-state index is 0.101. The molecule has 0 aliphatic heterocycles. The highest BCUT2D eigenvalue weighted by Crippen LogP contribution is 2.27. The number of aliphatic hydroxyl groups excluding tert-OH is 1. The first kappa shape index (κ1) is 18.4. The summed E-state index contributed by atoms with van der Waals surface area (Å²) in [5.41, 5.74) is 2.83. The maximum atomic E-state index is 12.5. The Hall–Kier alpha value is -2.97. The molecule has 0 saturated carbocycles. The second-order valence-electron chi connectivity index (χ2n) is 6.59. The molecule has 7 nitrogen and oxygen atoms in total. The van der Waals surface area contributed by atoms with E-state index in [9.17, 15) is 9.90 Å². The Morgan fingerprint density at radius 2 is 2.18 bits per heavy atom. The number of nitrogens with one attached hydrogen (secondary N) is 1. The molecule has 4 heterocycles. The van der Waals surface area contributed by atoms with E-state index in [1.54, 1.807) is 17.1 Å². The molecule has 1 atom stereocenters. The summed E-state index contributed by atoms with van der Waals surface area (Å²) in [6.07, 6.45) is 9.53. The largest absolute Gasteiger partial charge is 0.391 e. The lowest BCUT2D eigenvalue weighted by Gasteiger charge is -2.06. The van der Waals surface area contributed by atoms with Gasteiger partial charge in [0.05, 0.1) is 23.7 Å². The van der Waals surface area contributed by atoms with Gasteiger partial charge in [0.1, 0.15) is 5.65 Å². The molecule has 8 heteroatoms. The first-order chi connectivity index (χ1) is 13.6. The van der Waals surface area contributed by atoms with Gasteiger partial charge in [-0.15, -0.1) is 11.3 Å². The quantitative estimate of drug-likeness (QED) is 0.504. The number of hydrogen-bond donors (Lipinski definition) is 2. The van der Waals surface area contributed by atoms with Crippen LogP contribution in [-0.2, 0) is 13.1 Å². The second-order valence-corrected chi connectivity index (χ2v) is 7.67. The van der Waals surface area contributed by atoms with E-state index in [-0.39, 0.29) is 5.91 Å². The molecular formula is C20H21N5O2S. The zero-order valence-corrected chi connectivity index (χ0v) is 16.3. The number of aromatic nitrogens is 4. The van der Waals surface area contributed by atoms with Gasteiger partial charge in [0.25, 0.3) is 5.91 Å². The van der Waals surface area contributed by atoms with Crippen LogP contribution < -0.4 is 5.32 Å². The molecule has 0 radical (unpaired) electrons. The number of fused-ring (bicyclic) bond motifs is 1. The highest BCUT2D eigenvalue weighted by atomic mass is 32.1. The summed E-state index contributed by atoms with van der Waals surface area (Å²) in [5, 5.41) is 17.0. The Morgan fingerprint density at radius 1 is 1.29 bits per heavy atom. The van der Waals surface area contributed by atoms with Crippen LogP contribution in [0.4, 0.5) is 0 Å². The van der Waals surface area contributed by atoms with Crippen LogP contribution in [0, 0.1) is 0 Å². The summed E-state index contributed by atoms with van der Waals surface area (Å²) < 4.78 is 3.66. The summed E-state index contributed by atoms with van der Waals surface area (Å²) in [7, 11) is 0. The van der Waals surface area contributed by atoms with Gasteiger partial charge < -0.3 is 14.8 Å². The lowest BCUT2D eigenvalue weighted by atomic mass is 10.2. The SMILES string of the molecule is CC[C@@H](O)Cn1cc(-c2ccc(C(=O)NCc3ccc4nccn4c3)s2)cn1. The van der Waals surface area contributed by atoms with E-state index in [0.29, 0.717) is 24.4 Å². The first-order valence-electron chi connectivity index (χ1n) is 9.13. The predicted molar refractivity (Wildman–Crippen MR) is 108 cm³/mol. The number of aliphatic hydroxyl groups is 1. The van der Waals surface area contributed by atoms with E-state index in [1.165, 1.54) is 11.3 Å². The van der Waals surface area contributed by atoms with E-state index < -0.39 is 6.10 Å². The van der Waals surface area contributed by atoms with Gasteiger partial charge in [-0.25, -0.2) is 4.98 Å². The molecule has 0 fully saturated rings. The van der Waals surface area contributed by atoms with Gasteiger partial charge in [-0.2, -0.15) is 5.10 Å². The van der Waals surface area contributed by atoms with Crippen LogP contribution in [-0.4, -0.2) is 36.3 Å². The standard InChI is InChI=1S/C20H21N5O2S/c1-2-16(26)13-25-12-15(10-23-25)17-4-5-18(28-17)20(27)22-9-14-3-6-19-21-7-8-24(19)11-14/h3-8,10-12,16,26H,2,9,13H2,1H3,(H,22,27)/t16-/m1/s1. The monoisotopic (exact) mass is 395 g/mol. The Bertz CT molecular complexity index is 1100. The van der Waals surface area contributed by atoms with Gasteiger partial charge in [-0.3, -0.25) is 9.48 Å². The molecule has 0 saturated heterocycles. The number of rotatable bonds is 7. The van der Waals surface area contributed by atoms with Gasteiger partial charge in [0.2, 0.25) is 0 Å². The number of nitrogens with zero attached hydrogens (tertiary/aromatic N) is 4. The van der Waals surface area contributed by atoms with Gasteiger partial charge in [0, 0.05) is 41.8 Å². The third kappa shape index (κ3) is 3.97. The van der Waals surface area contributed by atoms with Gasteiger partial charge in [-0.1, -0.05) is 13.0 Å². The van der Waals surface area contributed by atoms with E-state index in [0.717, 1.165) is 21.7 Å². The minimum atomic E-state index is -0.404. The molecule has 2 N–H and O–H groups in total. The van der Waals surface area contributed by atoms with Crippen molar-refractivity contribution in [3.8, 4) is 10.4 Å². The fourth-order valence-electron chi connectivity index (χ4n) is 2.89. The number of pyridine rings is 1. The number of hydrogen-bond acceptors (Lipinski definition) is 5. The van der Waals surface area contributed by atoms with E-state index in [1.807, 2.05) is 54.2 Å². The zero-order chi connectivity index (χ0) is 19.5. The molecule has 0 aliphatic rings. The highest BCUT2D eigenvalue weighted by Gasteiger charge is 2.12. The summed E-state index contributed by atoms with van der Waals surface area (Å²) in [6, 6.07) is 7.64. The zero-order valence-electron chi connectivity index (χ0n) is 15.4. The molecule has 0 aromatic carbocycles. The number of thiophene rings is 1. The topological polar surface area (TPSA) is 84.5 Å². The van der Waals surface area contributed by atoms with Crippen molar-refractivity contribution >= 4 is 22.9 Å². The van der Waals surface area contributed by atoms with Crippen molar-refractivity contribution in [1.29, 1.82) is 0 Å². The van der Waals surface area contributed by atoms with Crippen molar-refractivity contribution in [2.75, 3.05) is 0 Å². The molecular weight excluding hydrogens is 374 g/mol. The molecule has 4 aromatic heterocycles. The van der Waals surface area contributed by atoms with Crippen LogP contribution in [0.25, 0.3) is 16.1 Å². The molecule has 28 heavy (non-hydrogen) atoms. The molecule has 144 valence electrons. The Labute approximate surface area is 166 Å². The fourth-order valence-corrected chi connectivity index (χ4v) is 3.79. The summed E-state index contributed by atoms with van der Waals surface area (Å²) in [6.45, 7) is 2.86. The Morgan fingerprint density at radius 3 is 3.04 bits per heavy atom. The van der Waals surface area contributed by atoms with Gasteiger partial charge in [0.15, 0.2) is 0 Å². The highest BCUT2D eigenvalue weighted by molar-refractivity contribution is 7.17. The predicted octanol–water partition coefficient (Wildman–Crippen LogP) is 2.96. The Kier molecular flexibility index (Phi) is 5.23. The van der Waals surface area contributed by atoms with Crippen LogP contribution in [0.15, 0.2) is 55.2 Å². The smallest absolute Gasteiger partial charge is 0.261 e. The third-order valence-corrected chi connectivity index (χ3v) is 5.65. The molecule has 0 bridgehead atoms. The van der Waals surface area contributed by atoms with Gasteiger partial charge in [-0.05, 0) is 30.2 Å². The van der Waals surface area contributed by atoms with Crippen molar-refractivity contribution in [3.63, 3.8) is 0 Å². The van der Waals surface area contributed by atoms with E-state index in [2.05, 4.69) is 15.4 Å². The third-order valence-electron chi connectivity index (χ3n) is 4.52. The van der Waals surface area contributed by atoms with Crippen LogP contribution in [0.1, 0.15) is 28.6 Å². The molecule has 4 rings (SSSR count). The second kappa shape index (κ2) is 7.95. The number of carbonyl (C=O) groups is 1. The average molecular weight is 395 g/mol. The number of amides is 1. The normalized spacial score (nSPS) is 12.4. The minimum Gasteiger partial charge on any atom is -0.391 e. The van der Waals surface area contributed by atoms with Gasteiger partial charge >= 0.3 is 0 Å². The molecule has 4 aromatic rings. The number of imidazole rings is 1. The van der Waals surface area contributed by atoms with Crippen LogP contribution >= 0.6 is 11.3 Å². The van der Waals surface area contributed by atoms with E-state index in [4.69, 9.17) is 0 Å². The Balaban J connectivity index is 1.40. The molecule has 0 unspecified atom stereocenters.